The van der Waals surface area contributed by atoms with E-state index >= 15 is 0 Å². The molecule has 32 heavy (non-hydrogen) atoms. The fourth-order valence-corrected chi connectivity index (χ4v) is 4.25. The number of benzene rings is 3. The van der Waals surface area contributed by atoms with Crippen LogP contribution in [0.2, 0.25) is 0 Å². The van der Waals surface area contributed by atoms with E-state index in [2.05, 4.69) is 10.3 Å². The molecular formula is C26H22N2O4. The first-order valence-corrected chi connectivity index (χ1v) is 10.7. The molecule has 1 saturated carbocycles. The Labute approximate surface area is 185 Å². The van der Waals surface area contributed by atoms with Gasteiger partial charge in [0.2, 0.25) is 18.6 Å². The van der Waals surface area contributed by atoms with Gasteiger partial charge in [-0.15, -0.1) is 0 Å². The summed E-state index contributed by atoms with van der Waals surface area (Å²) >= 11 is 0. The van der Waals surface area contributed by atoms with Crippen molar-refractivity contribution < 1.29 is 18.7 Å². The molecule has 2 aliphatic rings. The number of rotatable bonds is 4. The lowest BCUT2D eigenvalue weighted by Gasteiger charge is -2.17. The number of carbonyl (C=O) groups excluding carboxylic acids is 1. The molecule has 6 nitrogen and oxygen atoms in total. The normalized spacial score (nSPS) is 15.7. The highest BCUT2D eigenvalue weighted by molar-refractivity contribution is 6.02. The largest absolute Gasteiger partial charge is 0.454 e. The minimum absolute atomic E-state index is 0.00944. The second-order valence-electron chi connectivity index (χ2n) is 8.62. The molecule has 0 atom stereocenters. The van der Waals surface area contributed by atoms with Crippen molar-refractivity contribution in [1.29, 1.82) is 0 Å². The summed E-state index contributed by atoms with van der Waals surface area (Å²) in [5, 5.41) is 3.15. The van der Waals surface area contributed by atoms with E-state index in [1.807, 2.05) is 68.4 Å². The number of nitrogens with zero attached hydrogens (tertiary/aromatic N) is 1. The number of ether oxygens (including phenoxy) is 2. The second kappa shape index (κ2) is 6.85. The minimum Gasteiger partial charge on any atom is -0.454 e. The number of aryl methyl sites for hydroxylation is 2. The van der Waals surface area contributed by atoms with E-state index < -0.39 is 5.41 Å². The zero-order valence-electron chi connectivity index (χ0n) is 17.9. The number of oxazole rings is 1. The van der Waals surface area contributed by atoms with Gasteiger partial charge < -0.3 is 19.2 Å². The summed E-state index contributed by atoms with van der Waals surface area (Å²) in [7, 11) is 0. The average molecular weight is 426 g/mol. The molecule has 6 rings (SSSR count). The summed E-state index contributed by atoms with van der Waals surface area (Å²) in [6.45, 7) is 4.23. The quantitative estimate of drug-likeness (QED) is 0.466. The lowest BCUT2D eigenvalue weighted by atomic mass is 9.94. The van der Waals surface area contributed by atoms with Gasteiger partial charge in [0.05, 0.1) is 5.41 Å². The molecule has 1 N–H and O–H groups in total. The highest BCUT2D eigenvalue weighted by Crippen LogP contribution is 2.51. The maximum absolute atomic E-state index is 13.4. The minimum atomic E-state index is -0.529. The molecule has 2 heterocycles. The van der Waals surface area contributed by atoms with Crippen LogP contribution in [0.5, 0.6) is 11.5 Å². The zero-order valence-corrected chi connectivity index (χ0v) is 17.9. The summed E-state index contributed by atoms with van der Waals surface area (Å²) in [6.07, 6.45) is 1.61. The van der Waals surface area contributed by atoms with E-state index in [0.717, 1.165) is 57.6 Å². The molecule has 1 aliphatic carbocycles. The van der Waals surface area contributed by atoms with Crippen LogP contribution in [0.1, 0.15) is 29.5 Å². The van der Waals surface area contributed by atoms with Crippen LogP contribution in [0.4, 0.5) is 5.69 Å². The van der Waals surface area contributed by atoms with Gasteiger partial charge in [-0.25, -0.2) is 4.98 Å². The smallest absolute Gasteiger partial charge is 0.235 e. The highest BCUT2D eigenvalue weighted by atomic mass is 16.7. The number of nitrogens with one attached hydrogen (secondary N) is 1. The van der Waals surface area contributed by atoms with Crippen molar-refractivity contribution in [1.82, 2.24) is 4.98 Å². The average Bonchev–Trinajstić information content (AvgIpc) is 3.28. The molecular weight excluding hydrogens is 404 g/mol. The fourth-order valence-electron chi connectivity index (χ4n) is 4.25. The number of anilines is 1. The Morgan fingerprint density at radius 2 is 1.81 bits per heavy atom. The van der Waals surface area contributed by atoms with Gasteiger partial charge in [-0.1, -0.05) is 18.2 Å². The number of amides is 1. The van der Waals surface area contributed by atoms with Crippen molar-refractivity contribution in [2.45, 2.75) is 32.1 Å². The summed E-state index contributed by atoms with van der Waals surface area (Å²) in [4.78, 5) is 18.0. The first-order chi connectivity index (χ1) is 15.5. The van der Waals surface area contributed by atoms with Crippen LogP contribution in [0.25, 0.3) is 22.6 Å². The number of fused-ring (bicyclic) bond motifs is 2. The van der Waals surface area contributed by atoms with E-state index in [0.29, 0.717) is 11.6 Å². The highest BCUT2D eigenvalue weighted by Gasteiger charge is 2.51. The predicted octanol–water partition coefficient (Wildman–Crippen LogP) is 5.51. The number of carbonyl (C=O) groups is 1. The van der Waals surface area contributed by atoms with E-state index in [1.54, 1.807) is 0 Å². The Morgan fingerprint density at radius 3 is 2.66 bits per heavy atom. The predicted molar refractivity (Wildman–Crippen MR) is 121 cm³/mol. The Balaban J connectivity index is 1.30. The topological polar surface area (TPSA) is 73.6 Å². The van der Waals surface area contributed by atoms with Gasteiger partial charge in [0.1, 0.15) is 5.52 Å². The SMILES string of the molecule is Cc1ccc2nc(-c3ccc(C)c(NC(=O)C4(c5ccc6c(c5)OCO6)CC4)c3)oc2c1. The Morgan fingerprint density at radius 1 is 0.969 bits per heavy atom. The first-order valence-electron chi connectivity index (χ1n) is 10.7. The lowest BCUT2D eigenvalue weighted by molar-refractivity contribution is -0.118. The summed E-state index contributed by atoms with van der Waals surface area (Å²) < 4.78 is 16.9. The van der Waals surface area contributed by atoms with Crippen LogP contribution in [-0.2, 0) is 10.2 Å². The molecule has 1 amide bonds. The van der Waals surface area contributed by atoms with E-state index in [-0.39, 0.29) is 12.7 Å². The van der Waals surface area contributed by atoms with Crippen molar-refractivity contribution in [3.05, 3.63) is 71.3 Å². The Bertz CT molecular complexity index is 1380. The monoisotopic (exact) mass is 426 g/mol. The molecule has 0 unspecified atom stereocenters. The second-order valence-corrected chi connectivity index (χ2v) is 8.62. The van der Waals surface area contributed by atoms with Crippen molar-refractivity contribution in [3.63, 3.8) is 0 Å². The first kappa shape index (κ1) is 18.9. The maximum atomic E-state index is 13.4. The molecule has 1 aliphatic heterocycles. The Kier molecular flexibility index (Phi) is 4.05. The van der Waals surface area contributed by atoms with Crippen molar-refractivity contribution in [3.8, 4) is 23.0 Å². The van der Waals surface area contributed by atoms with Gasteiger partial charge in [-0.2, -0.15) is 0 Å². The van der Waals surface area contributed by atoms with Crippen LogP contribution in [0, 0.1) is 13.8 Å². The van der Waals surface area contributed by atoms with E-state index in [9.17, 15) is 4.79 Å². The third-order valence-corrected chi connectivity index (χ3v) is 6.39. The molecule has 160 valence electrons. The number of hydrogen-bond donors (Lipinski definition) is 1. The summed E-state index contributed by atoms with van der Waals surface area (Å²) in [6, 6.07) is 17.6. The number of hydrogen-bond acceptors (Lipinski definition) is 5. The van der Waals surface area contributed by atoms with E-state index in [1.165, 1.54) is 0 Å². The van der Waals surface area contributed by atoms with Crippen molar-refractivity contribution in [2.75, 3.05) is 12.1 Å². The van der Waals surface area contributed by atoms with Gasteiger partial charge in [0.25, 0.3) is 0 Å². The molecule has 0 radical (unpaired) electrons. The molecule has 6 heteroatoms. The molecule has 4 aromatic rings. The van der Waals surface area contributed by atoms with Gasteiger partial charge in [0, 0.05) is 11.3 Å². The van der Waals surface area contributed by atoms with E-state index in [4.69, 9.17) is 13.9 Å². The van der Waals surface area contributed by atoms with Crippen LogP contribution in [0.3, 0.4) is 0 Å². The summed E-state index contributed by atoms with van der Waals surface area (Å²) in [5.41, 5.74) is 5.69. The molecule has 0 saturated heterocycles. The zero-order chi connectivity index (χ0) is 21.9. The molecule has 0 spiro atoms. The molecule has 1 fully saturated rings. The van der Waals surface area contributed by atoms with Crippen LogP contribution in [-0.4, -0.2) is 17.7 Å². The molecule has 1 aromatic heterocycles. The fraction of sp³-hybridized carbons (Fsp3) is 0.231. The maximum Gasteiger partial charge on any atom is 0.235 e. The van der Waals surface area contributed by atoms with Crippen LogP contribution < -0.4 is 14.8 Å². The lowest BCUT2D eigenvalue weighted by Crippen LogP contribution is -2.28. The van der Waals surface area contributed by atoms with Gasteiger partial charge in [-0.05, 0) is 79.8 Å². The standard InChI is InChI=1S/C26H22N2O4/c1-15-3-7-19-22(11-15)32-24(27-19)17-5-4-16(2)20(12-17)28-25(29)26(9-10-26)18-6-8-21-23(13-18)31-14-30-21/h3-8,11-13H,9-10,14H2,1-2H3,(H,28,29). The van der Waals surface area contributed by atoms with Gasteiger partial charge in [-0.3, -0.25) is 4.79 Å². The number of aromatic nitrogens is 1. The van der Waals surface area contributed by atoms with Crippen LogP contribution in [0.15, 0.2) is 59.0 Å². The molecule has 0 bridgehead atoms. The van der Waals surface area contributed by atoms with Crippen molar-refractivity contribution >= 4 is 22.7 Å². The van der Waals surface area contributed by atoms with Crippen LogP contribution >= 0.6 is 0 Å². The Hall–Kier alpha value is -3.80. The third kappa shape index (κ3) is 3.02. The van der Waals surface area contributed by atoms with Crippen molar-refractivity contribution in [2.24, 2.45) is 0 Å². The third-order valence-electron chi connectivity index (χ3n) is 6.39. The van der Waals surface area contributed by atoms with Gasteiger partial charge >= 0.3 is 0 Å². The summed E-state index contributed by atoms with van der Waals surface area (Å²) in [5.74, 6) is 1.95. The molecule has 3 aromatic carbocycles. The van der Waals surface area contributed by atoms with Gasteiger partial charge in [0.15, 0.2) is 17.1 Å².